The summed E-state index contributed by atoms with van der Waals surface area (Å²) < 4.78 is 94.6. The molecule has 2 aromatic carbocycles. The maximum Gasteiger partial charge on any atom is 0.416 e. The quantitative estimate of drug-likeness (QED) is 0.498. The number of carbonyl (C=O) groups is 2. The highest BCUT2D eigenvalue weighted by Crippen LogP contribution is 2.44. The molecule has 0 radical (unpaired) electrons. The first kappa shape index (κ1) is 30.6. The molecule has 0 aliphatic carbocycles. The Hall–Kier alpha value is -3.35. The minimum atomic E-state index is -5.04. The van der Waals surface area contributed by atoms with Crippen LogP contribution in [0.5, 0.6) is 0 Å². The predicted molar refractivity (Wildman–Crippen MR) is 132 cm³/mol. The molecule has 1 spiro atoms. The van der Waals surface area contributed by atoms with Gasteiger partial charge in [-0.15, -0.1) is 0 Å². The van der Waals surface area contributed by atoms with E-state index in [-0.39, 0.29) is 37.6 Å². The van der Waals surface area contributed by atoms with Crippen LogP contribution in [0.2, 0.25) is 0 Å². The van der Waals surface area contributed by atoms with Gasteiger partial charge in [0.05, 0.1) is 23.2 Å². The van der Waals surface area contributed by atoms with Crippen LogP contribution in [0.15, 0.2) is 36.4 Å². The lowest BCUT2D eigenvalue weighted by atomic mass is 9.77. The maximum absolute atomic E-state index is 13.9. The van der Waals surface area contributed by atoms with Crippen molar-refractivity contribution in [2.24, 2.45) is 5.92 Å². The number of halogens is 7. The Balaban J connectivity index is 1.68. The van der Waals surface area contributed by atoms with Gasteiger partial charge in [0.25, 0.3) is 0 Å². The fourth-order valence-electron chi connectivity index (χ4n) is 5.87. The number of carboxylic acids is 1. The number of carboxylic acid groups (broad SMARTS) is 1. The van der Waals surface area contributed by atoms with Gasteiger partial charge in [-0.1, -0.05) is 6.07 Å². The van der Waals surface area contributed by atoms with Crippen molar-refractivity contribution in [2.75, 3.05) is 20.1 Å². The largest absolute Gasteiger partial charge is 0.550 e. The molecule has 41 heavy (non-hydrogen) atoms. The number of piperidine rings is 1. The summed E-state index contributed by atoms with van der Waals surface area (Å²) in [5, 5.41) is 14.8. The van der Waals surface area contributed by atoms with Crippen molar-refractivity contribution in [1.82, 2.24) is 15.1 Å². The molecule has 2 aliphatic heterocycles. The number of benzene rings is 2. The third kappa shape index (κ3) is 6.29. The number of nitrogens with zero attached hydrogens (tertiary/aromatic N) is 2. The second-order valence-corrected chi connectivity index (χ2v) is 11.0. The lowest BCUT2D eigenvalue weighted by molar-refractivity contribution is -0.311. The Morgan fingerprint density at radius 3 is 2.17 bits per heavy atom. The number of nitrogens with one attached hydrogen (secondary N) is 1. The van der Waals surface area contributed by atoms with Crippen molar-refractivity contribution in [2.45, 2.75) is 63.1 Å². The first-order valence-corrected chi connectivity index (χ1v) is 13.0. The first-order chi connectivity index (χ1) is 18.9. The van der Waals surface area contributed by atoms with E-state index in [1.165, 1.54) is 37.1 Å². The van der Waals surface area contributed by atoms with Crippen LogP contribution in [0.1, 0.15) is 66.1 Å². The van der Waals surface area contributed by atoms with Crippen LogP contribution < -0.4 is 10.4 Å². The van der Waals surface area contributed by atoms with Crippen molar-refractivity contribution in [3.63, 3.8) is 0 Å². The van der Waals surface area contributed by atoms with E-state index in [0.717, 1.165) is 4.90 Å². The van der Waals surface area contributed by atoms with E-state index >= 15 is 0 Å². The van der Waals surface area contributed by atoms with Crippen LogP contribution in [-0.4, -0.2) is 47.5 Å². The zero-order valence-electron chi connectivity index (χ0n) is 22.5. The molecule has 4 rings (SSSR count). The molecule has 2 amide bonds. The third-order valence-corrected chi connectivity index (χ3v) is 8.30. The van der Waals surface area contributed by atoms with Crippen LogP contribution >= 0.6 is 0 Å². The molecule has 1 N–H and O–H groups in total. The van der Waals surface area contributed by atoms with E-state index < -0.39 is 64.8 Å². The van der Waals surface area contributed by atoms with Crippen molar-refractivity contribution >= 4 is 12.0 Å². The van der Waals surface area contributed by atoms with Gasteiger partial charge in [-0.05, 0) is 80.1 Å². The number of likely N-dealkylation sites (tertiary alicyclic amines) is 1. The summed E-state index contributed by atoms with van der Waals surface area (Å²) >= 11 is 0. The van der Waals surface area contributed by atoms with E-state index in [2.05, 4.69) is 5.32 Å². The van der Waals surface area contributed by atoms with Gasteiger partial charge in [-0.2, -0.15) is 26.3 Å². The molecule has 224 valence electrons. The summed E-state index contributed by atoms with van der Waals surface area (Å²) in [6.45, 7) is 3.28. The highest BCUT2D eigenvalue weighted by atomic mass is 19.4. The Bertz CT molecular complexity index is 1300. The third-order valence-electron chi connectivity index (χ3n) is 8.30. The molecular weight excluding hydrogens is 559 g/mol. The number of rotatable bonds is 4. The molecule has 4 atom stereocenters. The zero-order chi connectivity index (χ0) is 30.5. The van der Waals surface area contributed by atoms with E-state index in [9.17, 15) is 45.4 Å². The molecule has 2 fully saturated rings. The summed E-state index contributed by atoms with van der Waals surface area (Å²) in [4.78, 5) is 27.9. The number of hydrogen-bond acceptors (Lipinski definition) is 4. The molecule has 2 saturated heterocycles. The van der Waals surface area contributed by atoms with Gasteiger partial charge in [0.15, 0.2) is 0 Å². The SMILES string of the molecule is Cc1cc(F)ccc1[C@H]1CC2(CCN1C(=O)N(C)[C@H](C)c1cc(C(F)(F)F)cc(C(F)(F)F)c1)CC(C(=O)[O-])CN2. The topological polar surface area (TPSA) is 75.7 Å². The minimum Gasteiger partial charge on any atom is -0.550 e. The Labute approximate surface area is 232 Å². The summed E-state index contributed by atoms with van der Waals surface area (Å²) in [6.07, 6.45) is -9.21. The molecule has 2 heterocycles. The average molecular weight is 589 g/mol. The smallest absolute Gasteiger partial charge is 0.416 e. The Kier molecular flexibility index (Phi) is 8.07. The number of urea groups is 1. The fraction of sp³-hybridized carbons (Fsp3) is 0.500. The predicted octanol–water partition coefficient (Wildman–Crippen LogP) is 5.22. The second-order valence-electron chi connectivity index (χ2n) is 11.0. The van der Waals surface area contributed by atoms with Crippen LogP contribution in [0.3, 0.4) is 0 Å². The molecule has 2 aromatic rings. The number of hydrogen-bond donors (Lipinski definition) is 1. The number of alkyl halides is 6. The number of aryl methyl sites for hydroxylation is 1. The molecule has 2 unspecified atom stereocenters. The van der Waals surface area contributed by atoms with Crippen molar-refractivity contribution < 1.29 is 45.4 Å². The number of carbonyl (C=O) groups excluding carboxylic acids is 2. The van der Waals surface area contributed by atoms with Gasteiger partial charge in [-0.25, -0.2) is 9.18 Å². The average Bonchev–Trinajstić information content (AvgIpc) is 3.29. The molecule has 2 aliphatic rings. The highest BCUT2D eigenvalue weighted by molar-refractivity contribution is 5.76. The standard InChI is InChI=1S/C28H30F7N3O3/c1-15-8-21(29)4-5-22(15)23-13-26(12-18(14-36-26)24(39)40)6-7-38(23)25(41)37(3)16(2)17-9-19(27(30,31)32)11-20(10-17)28(33,34)35/h4-5,8-11,16,18,23,36H,6-7,12-14H2,1-3H3,(H,39,40)/p-1/t16-,18?,23-,26?/m1/s1. The van der Waals surface area contributed by atoms with Crippen LogP contribution in [0.25, 0.3) is 0 Å². The highest BCUT2D eigenvalue weighted by Gasteiger charge is 2.47. The van der Waals surface area contributed by atoms with Crippen LogP contribution in [0.4, 0.5) is 35.5 Å². The molecular formula is C28H29F7N3O3-. The van der Waals surface area contributed by atoms with E-state index in [1.54, 1.807) is 6.92 Å². The van der Waals surface area contributed by atoms with Gasteiger partial charge in [0.1, 0.15) is 5.82 Å². The Morgan fingerprint density at radius 1 is 1.05 bits per heavy atom. The summed E-state index contributed by atoms with van der Waals surface area (Å²) in [7, 11) is 1.29. The maximum atomic E-state index is 13.9. The lowest BCUT2D eigenvalue weighted by Crippen LogP contribution is -2.55. The molecule has 0 aromatic heterocycles. The number of amides is 2. The summed E-state index contributed by atoms with van der Waals surface area (Å²) in [5.74, 6) is -2.43. The van der Waals surface area contributed by atoms with Crippen molar-refractivity contribution in [3.05, 3.63) is 70.0 Å². The Morgan fingerprint density at radius 2 is 1.66 bits per heavy atom. The van der Waals surface area contributed by atoms with E-state index in [1.807, 2.05) is 0 Å². The monoisotopic (exact) mass is 588 g/mol. The van der Waals surface area contributed by atoms with Crippen LogP contribution in [0, 0.1) is 18.7 Å². The molecule has 0 bridgehead atoms. The van der Waals surface area contributed by atoms with E-state index in [0.29, 0.717) is 29.7 Å². The van der Waals surface area contributed by atoms with Gasteiger partial charge >= 0.3 is 18.4 Å². The van der Waals surface area contributed by atoms with Crippen LogP contribution in [-0.2, 0) is 17.1 Å². The van der Waals surface area contributed by atoms with Gasteiger partial charge in [0.2, 0.25) is 0 Å². The number of aliphatic carboxylic acids is 1. The van der Waals surface area contributed by atoms with Gasteiger partial charge in [0, 0.05) is 37.6 Å². The zero-order valence-corrected chi connectivity index (χ0v) is 22.5. The van der Waals surface area contributed by atoms with Crippen molar-refractivity contribution in [1.29, 1.82) is 0 Å². The fourth-order valence-corrected chi connectivity index (χ4v) is 5.87. The summed E-state index contributed by atoms with van der Waals surface area (Å²) in [6, 6.07) is 2.76. The molecule has 6 nitrogen and oxygen atoms in total. The van der Waals surface area contributed by atoms with Crippen molar-refractivity contribution in [3.8, 4) is 0 Å². The van der Waals surface area contributed by atoms with Gasteiger partial charge in [-0.3, -0.25) is 0 Å². The second kappa shape index (κ2) is 10.8. The van der Waals surface area contributed by atoms with Gasteiger partial charge < -0.3 is 25.0 Å². The molecule has 0 saturated carbocycles. The first-order valence-electron chi connectivity index (χ1n) is 13.0. The van der Waals surface area contributed by atoms with E-state index in [4.69, 9.17) is 0 Å². The minimum absolute atomic E-state index is 0.0317. The molecule has 13 heteroatoms. The summed E-state index contributed by atoms with van der Waals surface area (Å²) in [5.41, 5.74) is -2.84. The lowest BCUT2D eigenvalue weighted by Gasteiger charge is -2.47. The normalized spacial score (nSPS) is 24.0.